The van der Waals surface area contributed by atoms with E-state index in [-0.39, 0.29) is 18.0 Å². The highest BCUT2D eigenvalue weighted by Gasteiger charge is 2.12. The van der Waals surface area contributed by atoms with Gasteiger partial charge >= 0.3 is 0 Å². The smallest absolute Gasteiger partial charge is 0.274 e. The molecule has 4 nitrogen and oxygen atoms in total. The van der Waals surface area contributed by atoms with E-state index in [2.05, 4.69) is 4.98 Å². The molecule has 0 amide bonds. The highest BCUT2D eigenvalue weighted by Crippen LogP contribution is 2.21. The molecule has 5 rings (SSSR count). The summed E-state index contributed by atoms with van der Waals surface area (Å²) in [5.74, 6) is 0.322. The summed E-state index contributed by atoms with van der Waals surface area (Å²) in [6, 6.07) is 18.0. The average Bonchev–Trinajstić information content (AvgIpc) is 3.24. The monoisotopic (exact) mass is 430 g/mol. The Morgan fingerprint density at radius 2 is 1.87 bits per heavy atom. The van der Waals surface area contributed by atoms with Gasteiger partial charge in [0, 0.05) is 5.56 Å². The molecule has 154 valence electrons. The van der Waals surface area contributed by atoms with Crippen LogP contribution in [0.4, 0.5) is 4.39 Å². The molecule has 2 heterocycles. The van der Waals surface area contributed by atoms with Crippen LogP contribution in [0, 0.1) is 19.7 Å². The molecule has 0 spiro atoms. The van der Waals surface area contributed by atoms with E-state index >= 15 is 0 Å². The third kappa shape index (κ3) is 3.59. The van der Waals surface area contributed by atoms with Crippen molar-refractivity contribution >= 4 is 33.4 Å². The van der Waals surface area contributed by atoms with Crippen molar-refractivity contribution in [3.63, 3.8) is 0 Å². The van der Waals surface area contributed by atoms with E-state index < -0.39 is 0 Å². The fourth-order valence-corrected chi connectivity index (χ4v) is 4.53. The van der Waals surface area contributed by atoms with Crippen molar-refractivity contribution in [2.45, 2.75) is 20.5 Å². The first kappa shape index (κ1) is 19.5. The number of hydrogen-bond donors (Lipinski definition) is 0. The summed E-state index contributed by atoms with van der Waals surface area (Å²) in [6.45, 7) is 4.21. The molecule has 0 radical (unpaired) electrons. The topological polar surface area (TPSA) is 43.6 Å². The highest BCUT2D eigenvalue weighted by molar-refractivity contribution is 7.15. The number of rotatable bonds is 4. The summed E-state index contributed by atoms with van der Waals surface area (Å²) < 4.78 is 21.8. The number of imidazole rings is 1. The van der Waals surface area contributed by atoms with Crippen molar-refractivity contribution in [1.29, 1.82) is 0 Å². The van der Waals surface area contributed by atoms with E-state index in [9.17, 15) is 9.18 Å². The lowest BCUT2D eigenvalue weighted by molar-refractivity contribution is 0.300. The maximum Gasteiger partial charge on any atom is 0.274 e. The third-order valence-electron chi connectivity index (χ3n) is 5.36. The van der Waals surface area contributed by atoms with E-state index in [1.165, 1.54) is 17.4 Å². The second-order valence-electron chi connectivity index (χ2n) is 7.52. The Morgan fingerprint density at radius 3 is 2.71 bits per heavy atom. The number of hydrogen-bond acceptors (Lipinski definition) is 4. The molecule has 0 atom stereocenters. The van der Waals surface area contributed by atoms with Gasteiger partial charge in [-0.05, 0) is 66.9 Å². The Labute approximate surface area is 181 Å². The molecule has 6 heteroatoms. The van der Waals surface area contributed by atoms with Crippen LogP contribution in [0.1, 0.15) is 22.3 Å². The summed E-state index contributed by atoms with van der Waals surface area (Å²) in [5.41, 5.74) is 5.21. The number of thiazole rings is 1. The average molecular weight is 431 g/mol. The largest absolute Gasteiger partial charge is 0.489 e. The molecule has 5 aromatic rings. The number of aromatic nitrogens is 2. The molecular formula is C25H19FN2O2S. The molecule has 0 aliphatic heterocycles. The van der Waals surface area contributed by atoms with Crippen LogP contribution in [-0.2, 0) is 6.61 Å². The summed E-state index contributed by atoms with van der Waals surface area (Å²) in [6.07, 6.45) is 1.84. The van der Waals surface area contributed by atoms with Gasteiger partial charge in [0.25, 0.3) is 5.56 Å². The lowest BCUT2D eigenvalue weighted by Gasteiger charge is -2.07. The minimum absolute atomic E-state index is 0.0802. The number of fused-ring (bicyclic) bond motifs is 3. The quantitative estimate of drug-likeness (QED) is 0.412. The van der Waals surface area contributed by atoms with Crippen LogP contribution < -0.4 is 14.8 Å². The maximum atomic E-state index is 13.8. The van der Waals surface area contributed by atoms with Gasteiger partial charge < -0.3 is 4.74 Å². The summed E-state index contributed by atoms with van der Waals surface area (Å²) >= 11 is 1.37. The first-order chi connectivity index (χ1) is 15.0. The first-order valence-corrected chi connectivity index (χ1v) is 10.7. The summed E-state index contributed by atoms with van der Waals surface area (Å²) in [7, 11) is 0. The predicted octanol–water partition coefficient (Wildman–Crippen LogP) is 4.79. The van der Waals surface area contributed by atoms with Gasteiger partial charge in [-0.2, -0.15) is 0 Å². The lowest BCUT2D eigenvalue weighted by Crippen LogP contribution is -2.22. The highest BCUT2D eigenvalue weighted by atomic mass is 32.1. The Hall–Kier alpha value is -3.51. The first-order valence-electron chi connectivity index (χ1n) is 9.90. The van der Waals surface area contributed by atoms with Gasteiger partial charge in [-0.3, -0.25) is 4.79 Å². The van der Waals surface area contributed by atoms with Crippen LogP contribution in [-0.4, -0.2) is 9.38 Å². The van der Waals surface area contributed by atoms with Gasteiger partial charge in [0.1, 0.15) is 18.2 Å². The Balaban J connectivity index is 1.50. The van der Waals surface area contributed by atoms with Crippen LogP contribution in [0.5, 0.6) is 5.75 Å². The summed E-state index contributed by atoms with van der Waals surface area (Å²) in [5, 5.41) is 0. The van der Waals surface area contributed by atoms with Crippen LogP contribution in [0.15, 0.2) is 65.5 Å². The van der Waals surface area contributed by atoms with Gasteiger partial charge in [-0.25, -0.2) is 13.8 Å². The maximum absolute atomic E-state index is 13.8. The second-order valence-corrected chi connectivity index (χ2v) is 8.53. The SMILES string of the molecule is Cc1cc2nc3sc(=Cc4cccc(OCc5ccccc5F)c4)c(=O)n3c2cc1C. The minimum atomic E-state index is -0.291. The number of halogens is 1. The molecule has 0 bridgehead atoms. The minimum Gasteiger partial charge on any atom is -0.489 e. The fourth-order valence-electron chi connectivity index (χ4n) is 3.54. The molecule has 0 unspecified atom stereocenters. The number of aryl methyl sites for hydroxylation is 2. The molecular weight excluding hydrogens is 411 g/mol. The Morgan fingerprint density at radius 1 is 1.06 bits per heavy atom. The van der Waals surface area contributed by atoms with Gasteiger partial charge in [0.2, 0.25) is 0 Å². The predicted molar refractivity (Wildman–Crippen MR) is 122 cm³/mol. The molecule has 0 N–H and O–H groups in total. The van der Waals surface area contributed by atoms with Gasteiger partial charge in [0.15, 0.2) is 4.96 Å². The zero-order chi connectivity index (χ0) is 21.5. The van der Waals surface area contributed by atoms with Crippen molar-refractivity contribution < 1.29 is 9.13 Å². The number of benzene rings is 3. The standard InChI is InChI=1S/C25H19FN2O2S/c1-15-10-21-22(11-16(15)2)28-24(29)23(31-25(28)27-21)13-17-6-5-8-19(12-17)30-14-18-7-3-4-9-20(18)26/h3-13H,14H2,1-2H3. The molecule has 3 aromatic carbocycles. The van der Waals surface area contributed by atoms with Crippen molar-refractivity contribution in [2.24, 2.45) is 0 Å². The van der Waals surface area contributed by atoms with Crippen LogP contribution in [0.3, 0.4) is 0 Å². The molecule has 0 aliphatic rings. The zero-order valence-electron chi connectivity index (χ0n) is 17.1. The van der Waals surface area contributed by atoms with Gasteiger partial charge in [0.05, 0.1) is 15.6 Å². The fraction of sp³-hybridized carbons (Fsp3) is 0.120. The number of ether oxygens (including phenoxy) is 1. The van der Waals surface area contributed by atoms with Crippen LogP contribution in [0.2, 0.25) is 0 Å². The normalized spacial score (nSPS) is 12.2. The van der Waals surface area contributed by atoms with E-state index in [0.29, 0.717) is 20.8 Å². The van der Waals surface area contributed by atoms with E-state index in [1.54, 1.807) is 22.6 Å². The van der Waals surface area contributed by atoms with E-state index in [4.69, 9.17) is 4.74 Å². The Bertz CT molecular complexity index is 1550. The molecule has 0 aliphatic carbocycles. The molecule has 0 saturated carbocycles. The molecule has 0 saturated heterocycles. The second kappa shape index (κ2) is 7.63. The van der Waals surface area contributed by atoms with Crippen LogP contribution >= 0.6 is 11.3 Å². The van der Waals surface area contributed by atoms with Crippen LogP contribution in [0.25, 0.3) is 22.1 Å². The molecule has 31 heavy (non-hydrogen) atoms. The lowest BCUT2D eigenvalue weighted by atomic mass is 10.1. The number of nitrogens with zero attached hydrogens (tertiary/aromatic N) is 2. The Kier molecular flexibility index (Phi) is 4.79. The van der Waals surface area contributed by atoms with Gasteiger partial charge in [-0.1, -0.05) is 41.7 Å². The van der Waals surface area contributed by atoms with Gasteiger partial charge in [-0.15, -0.1) is 0 Å². The van der Waals surface area contributed by atoms with Crippen molar-refractivity contribution in [3.05, 3.63) is 104 Å². The van der Waals surface area contributed by atoms with Crippen molar-refractivity contribution in [1.82, 2.24) is 9.38 Å². The van der Waals surface area contributed by atoms with E-state index in [1.807, 2.05) is 56.3 Å². The van der Waals surface area contributed by atoms with E-state index in [0.717, 1.165) is 27.7 Å². The van der Waals surface area contributed by atoms with Crippen molar-refractivity contribution in [3.8, 4) is 5.75 Å². The summed E-state index contributed by atoms with van der Waals surface area (Å²) in [4.78, 5) is 18.4. The molecule has 2 aromatic heterocycles. The van der Waals surface area contributed by atoms with Crippen molar-refractivity contribution in [2.75, 3.05) is 0 Å². The third-order valence-corrected chi connectivity index (χ3v) is 6.33. The molecule has 0 fully saturated rings. The zero-order valence-corrected chi connectivity index (χ0v) is 17.9.